The first kappa shape index (κ1) is 15.9. The molecule has 20 heavy (non-hydrogen) atoms. The van der Waals surface area contributed by atoms with Gasteiger partial charge in [-0.05, 0) is 18.2 Å². The Labute approximate surface area is 123 Å². The maximum atomic E-state index is 10.4. The fraction of sp³-hybridized carbons (Fsp3) is 0. The number of nitro groups is 2. The van der Waals surface area contributed by atoms with Crippen LogP contribution in [0.1, 0.15) is 0 Å². The van der Waals surface area contributed by atoms with Crippen LogP contribution in [-0.4, -0.2) is 9.85 Å². The second-order valence-corrected chi connectivity index (χ2v) is 4.26. The molecule has 0 aliphatic carbocycles. The van der Waals surface area contributed by atoms with Gasteiger partial charge in [0.2, 0.25) is 0 Å². The van der Waals surface area contributed by atoms with E-state index in [-0.39, 0.29) is 5.02 Å². The van der Waals surface area contributed by atoms with Crippen LogP contribution in [-0.2, 0) is 0 Å². The van der Waals surface area contributed by atoms with Gasteiger partial charge in [0.05, 0.1) is 9.85 Å². The molecule has 0 N–H and O–H groups in total. The topological polar surface area (TPSA) is 86.3 Å². The molecular formula is C12H8Cl2N2O4. The molecule has 2 aromatic carbocycles. The van der Waals surface area contributed by atoms with Gasteiger partial charge < -0.3 is 0 Å². The lowest BCUT2D eigenvalue weighted by atomic mass is 10.3. The number of benzene rings is 2. The number of rotatable bonds is 2. The molecule has 0 aliphatic rings. The summed E-state index contributed by atoms with van der Waals surface area (Å²) in [6.07, 6.45) is 0. The molecule has 0 spiro atoms. The van der Waals surface area contributed by atoms with Gasteiger partial charge in [0.25, 0.3) is 0 Å². The van der Waals surface area contributed by atoms with Crippen LogP contribution in [0.25, 0.3) is 0 Å². The highest BCUT2D eigenvalue weighted by molar-refractivity contribution is 6.33. The van der Waals surface area contributed by atoms with E-state index in [0.29, 0.717) is 0 Å². The first-order valence-corrected chi connectivity index (χ1v) is 5.97. The molecule has 0 unspecified atom stereocenters. The van der Waals surface area contributed by atoms with Gasteiger partial charge in [0, 0.05) is 11.1 Å². The highest BCUT2D eigenvalue weighted by Crippen LogP contribution is 2.33. The molecule has 6 nitrogen and oxygen atoms in total. The predicted molar refractivity (Wildman–Crippen MR) is 76.2 cm³/mol. The summed E-state index contributed by atoms with van der Waals surface area (Å²) in [5.41, 5.74) is -1.27. The Morgan fingerprint density at radius 2 is 1.40 bits per heavy atom. The van der Waals surface area contributed by atoms with Crippen LogP contribution in [0.5, 0.6) is 0 Å². The van der Waals surface area contributed by atoms with E-state index >= 15 is 0 Å². The van der Waals surface area contributed by atoms with E-state index in [1.165, 1.54) is 12.1 Å². The first-order chi connectivity index (χ1) is 9.43. The smallest absolute Gasteiger partial charge is 0.258 e. The minimum absolute atomic E-state index is 0.237. The van der Waals surface area contributed by atoms with E-state index in [1.54, 1.807) is 0 Å². The molecule has 2 rings (SSSR count). The van der Waals surface area contributed by atoms with Crippen molar-refractivity contribution in [2.75, 3.05) is 0 Å². The number of nitrogens with zero attached hydrogens (tertiary/aromatic N) is 2. The van der Waals surface area contributed by atoms with Crippen molar-refractivity contribution >= 4 is 34.6 Å². The average Bonchev–Trinajstić information content (AvgIpc) is 2.39. The maximum Gasteiger partial charge on any atom is 0.364 e. The second-order valence-electron chi connectivity index (χ2n) is 3.42. The zero-order chi connectivity index (χ0) is 15.1. The summed E-state index contributed by atoms with van der Waals surface area (Å²) in [6, 6.07) is 13.0. The van der Waals surface area contributed by atoms with Crippen molar-refractivity contribution in [1.29, 1.82) is 0 Å². The van der Waals surface area contributed by atoms with Crippen LogP contribution in [0.4, 0.5) is 11.4 Å². The van der Waals surface area contributed by atoms with Crippen LogP contribution in [0.15, 0.2) is 48.5 Å². The van der Waals surface area contributed by atoms with Gasteiger partial charge in [-0.3, -0.25) is 20.2 Å². The third-order valence-corrected chi connectivity index (χ3v) is 2.63. The van der Waals surface area contributed by atoms with Gasteiger partial charge in [-0.15, -0.1) is 0 Å². The molecule has 0 saturated heterocycles. The van der Waals surface area contributed by atoms with E-state index in [9.17, 15) is 20.2 Å². The fourth-order valence-corrected chi connectivity index (χ4v) is 1.63. The monoisotopic (exact) mass is 314 g/mol. The molecule has 104 valence electrons. The normalized spacial score (nSPS) is 9.30. The Morgan fingerprint density at radius 3 is 1.75 bits per heavy atom. The van der Waals surface area contributed by atoms with Gasteiger partial charge in [-0.2, -0.15) is 0 Å². The van der Waals surface area contributed by atoms with Gasteiger partial charge in [0.15, 0.2) is 0 Å². The van der Waals surface area contributed by atoms with Crippen molar-refractivity contribution in [3.63, 3.8) is 0 Å². The molecule has 8 heteroatoms. The highest BCUT2D eigenvalue weighted by Gasteiger charge is 2.26. The van der Waals surface area contributed by atoms with Crippen LogP contribution in [0, 0.1) is 20.2 Å². The van der Waals surface area contributed by atoms with Crippen molar-refractivity contribution in [2.45, 2.75) is 0 Å². The Morgan fingerprint density at radius 1 is 0.800 bits per heavy atom. The van der Waals surface area contributed by atoms with Crippen molar-refractivity contribution < 1.29 is 9.85 Å². The standard InChI is InChI=1S/C6H3ClN2O4.C6H5Cl/c7-4-2-1-3-5(8(10)11)6(4)9(12)13;7-6-4-2-1-3-5-6/h1-3H;1-5H. The Balaban J connectivity index is 0.000000240. The molecular weight excluding hydrogens is 307 g/mol. The molecule has 0 aromatic heterocycles. The van der Waals surface area contributed by atoms with E-state index in [0.717, 1.165) is 11.1 Å². The van der Waals surface area contributed by atoms with Crippen LogP contribution in [0.2, 0.25) is 10.0 Å². The van der Waals surface area contributed by atoms with Crippen LogP contribution in [0.3, 0.4) is 0 Å². The van der Waals surface area contributed by atoms with Crippen molar-refractivity contribution in [2.24, 2.45) is 0 Å². The van der Waals surface area contributed by atoms with E-state index < -0.39 is 21.2 Å². The molecule has 0 aliphatic heterocycles. The minimum atomic E-state index is -0.875. The lowest BCUT2D eigenvalue weighted by Crippen LogP contribution is -1.96. The second kappa shape index (κ2) is 7.42. The molecule has 0 bridgehead atoms. The maximum absolute atomic E-state index is 10.4. The third kappa shape index (κ3) is 4.49. The summed E-state index contributed by atoms with van der Waals surface area (Å²) in [5, 5.41) is 21.2. The van der Waals surface area contributed by atoms with Gasteiger partial charge in [-0.25, -0.2) is 0 Å². The van der Waals surface area contributed by atoms with E-state index in [1.807, 2.05) is 30.3 Å². The molecule has 0 heterocycles. The van der Waals surface area contributed by atoms with Crippen molar-refractivity contribution in [3.05, 3.63) is 78.8 Å². The fourth-order valence-electron chi connectivity index (χ4n) is 1.25. The summed E-state index contributed by atoms with van der Waals surface area (Å²) < 4.78 is 0. The lowest BCUT2D eigenvalue weighted by molar-refractivity contribution is -0.422. The number of nitro benzene ring substituents is 2. The Bertz CT molecular complexity index is 620. The zero-order valence-corrected chi connectivity index (χ0v) is 11.4. The number of para-hydroxylation sites is 1. The predicted octanol–water partition coefficient (Wildman–Crippen LogP) is 4.50. The van der Waals surface area contributed by atoms with Gasteiger partial charge in [-0.1, -0.05) is 47.5 Å². The van der Waals surface area contributed by atoms with Crippen molar-refractivity contribution in [3.8, 4) is 0 Å². The molecule has 0 atom stereocenters. The summed E-state index contributed by atoms with van der Waals surface area (Å²) in [6.45, 7) is 0. The number of hydrogen-bond acceptors (Lipinski definition) is 4. The highest BCUT2D eigenvalue weighted by atomic mass is 35.5. The molecule has 0 radical (unpaired) electrons. The minimum Gasteiger partial charge on any atom is -0.258 e. The summed E-state index contributed by atoms with van der Waals surface area (Å²) >= 11 is 11.0. The summed E-state index contributed by atoms with van der Waals surface area (Å²) in [4.78, 5) is 19.0. The molecule has 2 aromatic rings. The molecule has 0 saturated carbocycles. The quantitative estimate of drug-likeness (QED) is 0.603. The molecule has 0 amide bonds. The van der Waals surface area contributed by atoms with E-state index in [2.05, 4.69) is 0 Å². The average molecular weight is 315 g/mol. The largest absolute Gasteiger partial charge is 0.364 e. The van der Waals surface area contributed by atoms with E-state index in [4.69, 9.17) is 23.2 Å². The van der Waals surface area contributed by atoms with Gasteiger partial charge >= 0.3 is 11.4 Å². The number of halogens is 2. The zero-order valence-electron chi connectivity index (χ0n) is 9.90. The van der Waals surface area contributed by atoms with Crippen LogP contribution >= 0.6 is 23.2 Å². The van der Waals surface area contributed by atoms with Crippen molar-refractivity contribution in [1.82, 2.24) is 0 Å². The SMILES string of the molecule is Clc1ccccc1.O=[N+]([O-])c1cccc(Cl)c1[N+](=O)[O-]. The molecule has 0 fully saturated rings. The summed E-state index contributed by atoms with van der Waals surface area (Å²) in [5.74, 6) is 0. The third-order valence-electron chi connectivity index (χ3n) is 2.08. The Hall–Kier alpha value is -2.18. The lowest BCUT2D eigenvalue weighted by Gasteiger charge is -1.95. The first-order valence-electron chi connectivity index (χ1n) is 5.21. The summed E-state index contributed by atoms with van der Waals surface area (Å²) in [7, 11) is 0. The Kier molecular flexibility index (Phi) is 5.89. The number of hydrogen-bond donors (Lipinski definition) is 0. The van der Waals surface area contributed by atoms with Gasteiger partial charge in [0.1, 0.15) is 5.02 Å². The van der Waals surface area contributed by atoms with Crippen LogP contribution < -0.4 is 0 Å².